The van der Waals surface area contributed by atoms with E-state index in [0.717, 1.165) is 25.3 Å². The first-order chi connectivity index (χ1) is 11.1. The van der Waals surface area contributed by atoms with Gasteiger partial charge in [-0.2, -0.15) is 11.8 Å². The quantitative estimate of drug-likeness (QED) is 0.922. The summed E-state index contributed by atoms with van der Waals surface area (Å²) in [5.41, 5.74) is 3.04. The number of thioether (sulfide) groups is 1. The van der Waals surface area contributed by atoms with Crippen LogP contribution in [0.4, 0.5) is 0 Å². The number of amides is 1. The first kappa shape index (κ1) is 15.9. The molecular formula is C18H20N2O2S. The van der Waals surface area contributed by atoms with Gasteiger partial charge in [0.1, 0.15) is 0 Å². The number of hydrogen-bond donors (Lipinski definition) is 1. The summed E-state index contributed by atoms with van der Waals surface area (Å²) in [5.74, 6) is 0.918. The predicted octanol–water partition coefficient (Wildman–Crippen LogP) is 3.00. The van der Waals surface area contributed by atoms with Crippen molar-refractivity contribution >= 4 is 17.7 Å². The third-order valence-electron chi connectivity index (χ3n) is 4.20. The summed E-state index contributed by atoms with van der Waals surface area (Å²) in [6.07, 6.45) is 2.45. The minimum Gasteiger partial charge on any atom is -0.338 e. The van der Waals surface area contributed by atoms with Gasteiger partial charge in [0, 0.05) is 36.4 Å². The van der Waals surface area contributed by atoms with Crippen molar-refractivity contribution in [2.24, 2.45) is 0 Å². The van der Waals surface area contributed by atoms with E-state index in [4.69, 9.17) is 0 Å². The number of pyridine rings is 1. The van der Waals surface area contributed by atoms with E-state index in [1.807, 2.05) is 16.7 Å². The Morgan fingerprint density at radius 1 is 1.22 bits per heavy atom. The molecule has 0 bridgehead atoms. The Morgan fingerprint density at radius 2 is 2.04 bits per heavy atom. The highest BCUT2D eigenvalue weighted by Crippen LogP contribution is 2.36. The summed E-state index contributed by atoms with van der Waals surface area (Å²) in [6.45, 7) is 3.62. The van der Waals surface area contributed by atoms with E-state index in [0.29, 0.717) is 10.8 Å². The second-order valence-corrected chi connectivity index (χ2v) is 7.05. The number of nitrogens with one attached hydrogen (secondary N) is 1. The highest BCUT2D eigenvalue weighted by Gasteiger charge is 2.23. The fourth-order valence-corrected chi connectivity index (χ4v) is 4.22. The van der Waals surface area contributed by atoms with Crippen LogP contribution in [0.5, 0.6) is 0 Å². The van der Waals surface area contributed by atoms with Crippen molar-refractivity contribution in [2.75, 3.05) is 18.8 Å². The van der Waals surface area contributed by atoms with E-state index >= 15 is 0 Å². The zero-order valence-electron chi connectivity index (χ0n) is 13.1. The van der Waals surface area contributed by atoms with Gasteiger partial charge in [0.25, 0.3) is 5.91 Å². The summed E-state index contributed by atoms with van der Waals surface area (Å²) in [4.78, 5) is 28.1. The number of nitrogens with zero attached hydrogens (tertiary/aromatic N) is 1. The smallest absolute Gasteiger partial charge is 0.255 e. The van der Waals surface area contributed by atoms with E-state index in [2.05, 4.69) is 36.2 Å². The Morgan fingerprint density at radius 3 is 2.78 bits per heavy atom. The minimum atomic E-state index is -0.187. The molecule has 1 aromatic carbocycles. The molecule has 2 aromatic rings. The molecule has 1 saturated heterocycles. The lowest BCUT2D eigenvalue weighted by molar-refractivity contribution is 0.0766. The lowest BCUT2D eigenvalue weighted by atomic mass is 10.0. The van der Waals surface area contributed by atoms with Gasteiger partial charge in [0.15, 0.2) is 0 Å². The summed E-state index contributed by atoms with van der Waals surface area (Å²) in [6, 6.07) is 11.5. The summed E-state index contributed by atoms with van der Waals surface area (Å²) < 4.78 is 0. The van der Waals surface area contributed by atoms with E-state index in [1.165, 1.54) is 23.4 Å². The molecule has 120 valence electrons. The van der Waals surface area contributed by atoms with Gasteiger partial charge >= 0.3 is 0 Å². The van der Waals surface area contributed by atoms with Gasteiger partial charge in [-0.05, 0) is 30.5 Å². The van der Waals surface area contributed by atoms with Crippen molar-refractivity contribution in [3.63, 3.8) is 0 Å². The number of aromatic amines is 1. The molecule has 5 heteroatoms. The number of carbonyl (C=O) groups is 1. The van der Waals surface area contributed by atoms with Gasteiger partial charge in [-0.3, -0.25) is 9.59 Å². The van der Waals surface area contributed by atoms with Crippen LogP contribution >= 0.6 is 11.8 Å². The van der Waals surface area contributed by atoms with Gasteiger partial charge in [-0.1, -0.05) is 24.3 Å². The number of aromatic nitrogens is 1. The molecule has 1 atom stereocenters. The molecule has 0 aliphatic carbocycles. The van der Waals surface area contributed by atoms with Crippen LogP contribution in [0.15, 0.2) is 47.4 Å². The van der Waals surface area contributed by atoms with Crippen molar-refractivity contribution < 1.29 is 4.79 Å². The fraction of sp³-hybridized carbons (Fsp3) is 0.333. The molecule has 1 aromatic heterocycles. The van der Waals surface area contributed by atoms with Crippen molar-refractivity contribution in [3.05, 3.63) is 69.6 Å². The molecule has 0 radical (unpaired) electrons. The highest BCUT2D eigenvalue weighted by molar-refractivity contribution is 7.99. The maximum absolute atomic E-state index is 12.6. The Kier molecular flexibility index (Phi) is 4.86. The lowest BCUT2D eigenvalue weighted by Crippen LogP contribution is -2.33. The molecule has 0 spiro atoms. The average molecular weight is 328 g/mol. The van der Waals surface area contributed by atoms with Crippen molar-refractivity contribution in [1.82, 2.24) is 9.88 Å². The number of benzene rings is 1. The fourth-order valence-electron chi connectivity index (χ4n) is 2.90. The van der Waals surface area contributed by atoms with Crippen LogP contribution in [0, 0.1) is 6.92 Å². The Hall–Kier alpha value is -2.01. The molecular weight excluding hydrogens is 308 g/mol. The zero-order chi connectivity index (χ0) is 16.2. The minimum absolute atomic E-state index is 0.00714. The maximum atomic E-state index is 12.6. The molecule has 0 unspecified atom stereocenters. The van der Waals surface area contributed by atoms with E-state index in [1.54, 1.807) is 6.07 Å². The van der Waals surface area contributed by atoms with Gasteiger partial charge in [-0.15, -0.1) is 0 Å². The number of H-pyrrole nitrogens is 1. The molecule has 3 rings (SSSR count). The first-order valence-electron chi connectivity index (χ1n) is 7.80. The molecule has 1 amide bonds. The molecule has 1 N–H and O–H groups in total. The van der Waals surface area contributed by atoms with Crippen LogP contribution in [0.1, 0.15) is 33.2 Å². The largest absolute Gasteiger partial charge is 0.338 e. The molecule has 4 nitrogen and oxygen atoms in total. The molecule has 1 fully saturated rings. The van der Waals surface area contributed by atoms with Crippen LogP contribution in [0.25, 0.3) is 0 Å². The second kappa shape index (κ2) is 7.04. The summed E-state index contributed by atoms with van der Waals surface area (Å²) >= 11 is 1.92. The third kappa shape index (κ3) is 3.67. The van der Waals surface area contributed by atoms with Gasteiger partial charge in [-0.25, -0.2) is 0 Å². The normalized spacial score (nSPS) is 18.5. The number of aryl methyl sites for hydroxylation is 1. The SMILES string of the molecule is Cc1ccccc1[C@@H]1CCN(C(=O)c2ccc(=O)[nH]c2)CCS1. The maximum Gasteiger partial charge on any atom is 0.255 e. The monoisotopic (exact) mass is 328 g/mol. The number of carbonyl (C=O) groups excluding carboxylic acids is 1. The van der Waals surface area contributed by atoms with E-state index in [-0.39, 0.29) is 11.5 Å². The predicted molar refractivity (Wildman–Crippen MR) is 94.0 cm³/mol. The molecule has 2 heterocycles. The zero-order valence-corrected chi connectivity index (χ0v) is 13.9. The number of hydrogen-bond acceptors (Lipinski definition) is 3. The Labute approximate surface area is 139 Å². The Bertz CT molecular complexity index is 736. The van der Waals surface area contributed by atoms with Gasteiger partial charge in [0.2, 0.25) is 5.56 Å². The standard InChI is InChI=1S/C18H20N2O2S/c1-13-4-2-3-5-15(13)16-8-9-20(10-11-23-16)18(22)14-6-7-17(21)19-12-14/h2-7,12,16H,8-11H2,1H3,(H,19,21)/t16-/m0/s1. The molecule has 1 aliphatic rings. The highest BCUT2D eigenvalue weighted by atomic mass is 32.2. The summed E-state index contributed by atoms with van der Waals surface area (Å²) in [7, 11) is 0. The van der Waals surface area contributed by atoms with Crippen LogP contribution in [-0.2, 0) is 0 Å². The van der Waals surface area contributed by atoms with Gasteiger partial charge < -0.3 is 9.88 Å². The van der Waals surface area contributed by atoms with Crippen molar-refractivity contribution in [1.29, 1.82) is 0 Å². The Balaban J connectivity index is 1.71. The van der Waals surface area contributed by atoms with Crippen LogP contribution in [-0.4, -0.2) is 34.6 Å². The molecule has 23 heavy (non-hydrogen) atoms. The van der Waals surface area contributed by atoms with Crippen LogP contribution < -0.4 is 5.56 Å². The topological polar surface area (TPSA) is 53.2 Å². The molecule has 0 saturated carbocycles. The third-order valence-corrected chi connectivity index (χ3v) is 5.51. The molecule has 1 aliphatic heterocycles. The first-order valence-corrected chi connectivity index (χ1v) is 8.85. The lowest BCUT2D eigenvalue weighted by Gasteiger charge is -2.20. The van der Waals surface area contributed by atoms with Crippen LogP contribution in [0.3, 0.4) is 0 Å². The van der Waals surface area contributed by atoms with Crippen molar-refractivity contribution in [2.45, 2.75) is 18.6 Å². The van der Waals surface area contributed by atoms with E-state index < -0.39 is 0 Å². The second-order valence-electron chi connectivity index (χ2n) is 5.74. The average Bonchev–Trinajstić information content (AvgIpc) is 2.81. The van der Waals surface area contributed by atoms with E-state index in [9.17, 15) is 9.59 Å². The van der Waals surface area contributed by atoms with Crippen LogP contribution in [0.2, 0.25) is 0 Å². The number of rotatable bonds is 2. The van der Waals surface area contributed by atoms with Crippen molar-refractivity contribution in [3.8, 4) is 0 Å². The van der Waals surface area contributed by atoms with Gasteiger partial charge in [0.05, 0.1) is 5.56 Å². The summed E-state index contributed by atoms with van der Waals surface area (Å²) in [5, 5.41) is 0.435.